The number of methoxy groups -OCH3 is 1. The molecule has 1 aromatic carbocycles. The lowest BCUT2D eigenvalue weighted by Gasteiger charge is -2.20. The fourth-order valence-corrected chi connectivity index (χ4v) is 1.82. The zero-order valence-corrected chi connectivity index (χ0v) is 11.9. The molecule has 0 radical (unpaired) electrons. The number of carbonyl (C=O) groups excluding carboxylic acids is 1. The molecule has 1 unspecified atom stereocenters. The van der Waals surface area contributed by atoms with Gasteiger partial charge < -0.3 is 4.74 Å². The van der Waals surface area contributed by atoms with E-state index in [4.69, 9.17) is 4.74 Å². The van der Waals surface area contributed by atoms with E-state index in [1.165, 1.54) is 12.7 Å². The molecule has 18 heavy (non-hydrogen) atoms. The van der Waals surface area contributed by atoms with Crippen molar-refractivity contribution in [1.29, 1.82) is 0 Å². The molecule has 0 amide bonds. The Bertz CT molecular complexity index is 382. The normalized spacial score (nSPS) is 12.8. The molecule has 1 N–H and O–H groups in total. The van der Waals surface area contributed by atoms with Crippen LogP contribution in [0.3, 0.4) is 0 Å². The molecule has 0 bridgehead atoms. The first-order chi connectivity index (χ1) is 8.45. The van der Waals surface area contributed by atoms with Gasteiger partial charge in [0.2, 0.25) is 0 Å². The van der Waals surface area contributed by atoms with Gasteiger partial charge >= 0.3 is 5.97 Å². The van der Waals surface area contributed by atoms with Crippen LogP contribution in [-0.4, -0.2) is 19.1 Å². The SMILES string of the molecule is COC(=O)C(NC(C)C)c1ccc(C(C)C)cc1. The van der Waals surface area contributed by atoms with Crippen LogP contribution in [0.15, 0.2) is 24.3 Å². The van der Waals surface area contributed by atoms with Gasteiger partial charge in [-0.2, -0.15) is 0 Å². The standard InChI is InChI=1S/C15H23NO2/c1-10(2)12-6-8-13(9-7-12)14(15(17)18-5)16-11(3)4/h6-11,14,16H,1-5H3. The number of benzene rings is 1. The average Bonchev–Trinajstić information content (AvgIpc) is 2.35. The number of hydrogen-bond donors (Lipinski definition) is 1. The van der Waals surface area contributed by atoms with Gasteiger partial charge in [0.25, 0.3) is 0 Å². The molecule has 1 rings (SSSR count). The van der Waals surface area contributed by atoms with Crippen molar-refractivity contribution in [2.45, 2.75) is 45.7 Å². The van der Waals surface area contributed by atoms with Crippen molar-refractivity contribution in [3.05, 3.63) is 35.4 Å². The highest BCUT2D eigenvalue weighted by molar-refractivity contribution is 5.77. The molecule has 1 aromatic rings. The minimum Gasteiger partial charge on any atom is -0.468 e. The first-order valence-electron chi connectivity index (χ1n) is 6.39. The average molecular weight is 249 g/mol. The van der Waals surface area contributed by atoms with Crippen molar-refractivity contribution < 1.29 is 9.53 Å². The van der Waals surface area contributed by atoms with Crippen molar-refractivity contribution in [2.24, 2.45) is 0 Å². The van der Waals surface area contributed by atoms with Crippen LogP contribution >= 0.6 is 0 Å². The van der Waals surface area contributed by atoms with E-state index in [2.05, 4.69) is 31.3 Å². The lowest BCUT2D eigenvalue weighted by molar-refractivity contribution is -0.143. The van der Waals surface area contributed by atoms with Crippen molar-refractivity contribution in [3.63, 3.8) is 0 Å². The fourth-order valence-electron chi connectivity index (χ4n) is 1.82. The second kappa shape index (κ2) is 6.55. The summed E-state index contributed by atoms with van der Waals surface area (Å²) in [5, 5.41) is 3.22. The van der Waals surface area contributed by atoms with E-state index in [9.17, 15) is 4.79 Å². The van der Waals surface area contributed by atoms with Crippen LogP contribution < -0.4 is 5.32 Å². The molecule has 3 nitrogen and oxygen atoms in total. The Morgan fingerprint density at radius 1 is 1.06 bits per heavy atom. The summed E-state index contributed by atoms with van der Waals surface area (Å²) in [5.41, 5.74) is 2.21. The number of ether oxygens (including phenoxy) is 1. The minimum atomic E-state index is -0.392. The summed E-state index contributed by atoms with van der Waals surface area (Å²) < 4.78 is 4.84. The molecule has 0 heterocycles. The predicted molar refractivity (Wildman–Crippen MR) is 73.6 cm³/mol. The maximum atomic E-state index is 11.8. The van der Waals surface area contributed by atoms with E-state index >= 15 is 0 Å². The van der Waals surface area contributed by atoms with Gasteiger partial charge in [0.05, 0.1) is 7.11 Å². The van der Waals surface area contributed by atoms with Crippen LogP contribution in [0, 0.1) is 0 Å². The molecule has 0 spiro atoms. The van der Waals surface area contributed by atoms with Crippen LogP contribution in [0.5, 0.6) is 0 Å². The van der Waals surface area contributed by atoms with E-state index in [0.29, 0.717) is 5.92 Å². The maximum absolute atomic E-state index is 11.8. The second-order valence-corrected chi connectivity index (χ2v) is 5.10. The van der Waals surface area contributed by atoms with E-state index < -0.39 is 6.04 Å². The van der Waals surface area contributed by atoms with Crippen LogP contribution in [0.4, 0.5) is 0 Å². The zero-order chi connectivity index (χ0) is 13.7. The van der Waals surface area contributed by atoms with Crippen LogP contribution in [0.25, 0.3) is 0 Å². The number of carbonyl (C=O) groups is 1. The zero-order valence-electron chi connectivity index (χ0n) is 11.9. The summed E-state index contributed by atoms with van der Waals surface area (Å²) in [6.45, 7) is 8.33. The molecule has 100 valence electrons. The van der Waals surface area contributed by atoms with E-state index in [-0.39, 0.29) is 12.0 Å². The molecule has 0 saturated heterocycles. The van der Waals surface area contributed by atoms with E-state index in [0.717, 1.165) is 5.56 Å². The largest absolute Gasteiger partial charge is 0.468 e. The molecule has 0 aromatic heterocycles. The molecule has 0 saturated carbocycles. The van der Waals surface area contributed by atoms with Gasteiger partial charge in [-0.3, -0.25) is 5.32 Å². The topological polar surface area (TPSA) is 38.3 Å². The first-order valence-corrected chi connectivity index (χ1v) is 6.39. The van der Waals surface area contributed by atoms with Crippen molar-refractivity contribution in [2.75, 3.05) is 7.11 Å². The Morgan fingerprint density at radius 2 is 1.56 bits per heavy atom. The van der Waals surface area contributed by atoms with Crippen molar-refractivity contribution >= 4 is 5.97 Å². The summed E-state index contributed by atoms with van der Waals surface area (Å²) in [6.07, 6.45) is 0. The van der Waals surface area contributed by atoms with Gasteiger partial charge in [0, 0.05) is 6.04 Å². The third-order valence-corrected chi connectivity index (χ3v) is 2.87. The van der Waals surface area contributed by atoms with Gasteiger partial charge in [0.15, 0.2) is 0 Å². The molecule has 3 heteroatoms. The molecular weight excluding hydrogens is 226 g/mol. The quantitative estimate of drug-likeness (QED) is 0.815. The van der Waals surface area contributed by atoms with Crippen LogP contribution in [0.2, 0.25) is 0 Å². The minimum absolute atomic E-state index is 0.221. The third-order valence-electron chi connectivity index (χ3n) is 2.87. The van der Waals surface area contributed by atoms with Gasteiger partial charge in [0.1, 0.15) is 6.04 Å². The van der Waals surface area contributed by atoms with Gasteiger partial charge in [-0.1, -0.05) is 38.1 Å². The summed E-state index contributed by atoms with van der Waals surface area (Å²) in [7, 11) is 1.42. The number of hydrogen-bond acceptors (Lipinski definition) is 3. The van der Waals surface area contributed by atoms with Crippen LogP contribution in [0.1, 0.15) is 50.8 Å². The van der Waals surface area contributed by atoms with E-state index in [1.807, 2.05) is 26.0 Å². The summed E-state index contributed by atoms with van der Waals surface area (Å²) in [4.78, 5) is 11.8. The summed E-state index contributed by atoms with van der Waals surface area (Å²) >= 11 is 0. The molecule has 0 aliphatic rings. The Kier molecular flexibility index (Phi) is 5.35. The smallest absolute Gasteiger partial charge is 0.327 e. The molecule has 0 aliphatic carbocycles. The Labute approximate surface area is 110 Å². The van der Waals surface area contributed by atoms with Gasteiger partial charge in [-0.05, 0) is 30.9 Å². The first kappa shape index (κ1) is 14.7. The molecule has 0 aliphatic heterocycles. The second-order valence-electron chi connectivity index (χ2n) is 5.10. The lowest BCUT2D eigenvalue weighted by atomic mass is 9.99. The predicted octanol–water partition coefficient (Wildman–Crippen LogP) is 3.02. The fraction of sp³-hybridized carbons (Fsp3) is 0.533. The Hall–Kier alpha value is -1.35. The number of rotatable bonds is 5. The number of esters is 1. The van der Waals surface area contributed by atoms with E-state index in [1.54, 1.807) is 0 Å². The van der Waals surface area contributed by atoms with Gasteiger partial charge in [-0.25, -0.2) is 4.79 Å². The van der Waals surface area contributed by atoms with Gasteiger partial charge in [-0.15, -0.1) is 0 Å². The molecule has 0 fully saturated rings. The van der Waals surface area contributed by atoms with Crippen molar-refractivity contribution in [3.8, 4) is 0 Å². The lowest BCUT2D eigenvalue weighted by Crippen LogP contribution is -2.34. The molecule has 1 atom stereocenters. The highest BCUT2D eigenvalue weighted by atomic mass is 16.5. The third kappa shape index (κ3) is 3.84. The highest BCUT2D eigenvalue weighted by Gasteiger charge is 2.21. The molecular formula is C15H23NO2. The Balaban J connectivity index is 2.94. The summed E-state index contributed by atoms with van der Waals surface area (Å²) in [5.74, 6) is 0.245. The van der Waals surface area contributed by atoms with Crippen LogP contribution in [-0.2, 0) is 9.53 Å². The highest BCUT2D eigenvalue weighted by Crippen LogP contribution is 2.20. The maximum Gasteiger partial charge on any atom is 0.327 e. The number of nitrogens with one attached hydrogen (secondary N) is 1. The monoisotopic (exact) mass is 249 g/mol. The summed E-state index contributed by atoms with van der Waals surface area (Å²) in [6, 6.07) is 7.95. The Morgan fingerprint density at radius 3 is 1.94 bits per heavy atom. The van der Waals surface area contributed by atoms with Crippen molar-refractivity contribution in [1.82, 2.24) is 5.32 Å².